The molecule has 21 heavy (non-hydrogen) atoms. The Hall–Kier alpha value is -1.60. The zero-order valence-corrected chi connectivity index (χ0v) is 13.8. The Balaban J connectivity index is 2.32. The van der Waals surface area contributed by atoms with E-state index in [0.29, 0.717) is 16.9 Å². The van der Waals surface area contributed by atoms with Gasteiger partial charge in [-0.3, -0.25) is 9.48 Å². The first-order valence-electron chi connectivity index (χ1n) is 6.88. The number of hydrogen-bond donors (Lipinski definition) is 2. The lowest BCUT2D eigenvalue weighted by molar-refractivity contribution is 0.580. The Kier molecular flexibility index (Phi) is 4.84. The highest BCUT2D eigenvalue weighted by atomic mass is 32.2. The molecule has 114 valence electrons. The second-order valence-corrected chi connectivity index (χ2v) is 6.30. The largest absolute Gasteiger partial charge is 0.310 e. The van der Waals surface area contributed by atoms with Crippen LogP contribution >= 0.6 is 11.8 Å². The van der Waals surface area contributed by atoms with E-state index in [4.69, 9.17) is 0 Å². The van der Waals surface area contributed by atoms with Gasteiger partial charge in [-0.15, -0.1) is 0 Å². The molecule has 2 aromatic rings. The maximum absolute atomic E-state index is 11.5. The zero-order chi connectivity index (χ0) is 15.6. The van der Waals surface area contributed by atoms with Crippen molar-refractivity contribution in [3.63, 3.8) is 0 Å². The van der Waals surface area contributed by atoms with E-state index >= 15 is 0 Å². The van der Waals surface area contributed by atoms with E-state index in [1.165, 1.54) is 17.8 Å². The molecule has 6 nitrogen and oxygen atoms in total. The molecule has 0 aromatic carbocycles. The van der Waals surface area contributed by atoms with Gasteiger partial charge in [0.1, 0.15) is 5.03 Å². The van der Waals surface area contributed by atoms with Crippen molar-refractivity contribution < 1.29 is 0 Å². The number of aromatic nitrogens is 4. The number of H-pyrrole nitrogens is 1. The van der Waals surface area contributed by atoms with Crippen molar-refractivity contribution in [3.05, 3.63) is 33.4 Å². The Labute approximate surface area is 128 Å². The Bertz CT molecular complexity index is 689. The Morgan fingerprint density at radius 1 is 1.43 bits per heavy atom. The highest BCUT2D eigenvalue weighted by Crippen LogP contribution is 2.29. The summed E-state index contributed by atoms with van der Waals surface area (Å²) < 4.78 is 1.83. The van der Waals surface area contributed by atoms with Gasteiger partial charge >= 0.3 is 0 Å². The molecule has 0 atom stereocenters. The predicted molar refractivity (Wildman–Crippen MR) is 83.6 cm³/mol. The Morgan fingerprint density at radius 3 is 2.76 bits per heavy atom. The smallest absolute Gasteiger partial charge is 0.251 e. The molecule has 2 rings (SSSR count). The molecule has 0 spiro atoms. The molecule has 0 radical (unpaired) electrons. The van der Waals surface area contributed by atoms with E-state index in [0.717, 1.165) is 22.8 Å². The summed E-state index contributed by atoms with van der Waals surface area (Å²) in [5.74, 6) is 0. The van der Waals surface area contributed by atoms with E-state index in [1.54, 1.807) is 0 Å². The summed E-state index contributed by atoms with van der Waals surface area (Å²) in [6.07, 6.45) is 0. The van der Waals surface area contributed by atoms with E-state index < -0.39 is 0 Å². The average molecular weight is 307 g/mol. The van der Waals surface area contributed by atoms with Crippen LogP contribution in [0.2, 0.25) is 0 Å². The minimum Gasteiger partial charge on any atom is -0.310 e. The zero-order valence-electron chi connectivity index (χ0n) is 13.0. The van der Waals surface area contributed by atoms with E-state index in [-0.39, 0.29) is 5.56 Å². The fourth-order valence-corrected chi connectivity index (χ4v) is 3.05. The van der Waals surface area contributed by atoms with Crippen molar-refractivity contribution in [2.45, 2.75) is 50.5 Å². The molecule has 2 aromatic heterocycles. The van der Waals surface area contributed by atoms with Gasteiger partial charge in [-0.05, 0) is 25.6 Å². The SMILES string of the molecule is Cc1cc(=O)[nH]c(Sc2c(CNC(C)C)c(C)nn2C)n1. The van der Waals surface area contributed by atoms with E-state index in [1.807, 2.05) is 25.6 Å². The molecule has 7 heteroatoms. The number of aryl methyl sites for hydroxylation is 3. The minimum atomic E-state index is -0.134. The van der Waals surface area contributed by atoms with Crippen LogP contribution < -0.4 is 10.9 Å². The Morgan fingerprint density at radius 2 is 2.14 bits per heavy atom. The van der Waals surface area contributed by atoms with Crippen LogP contribution in [0.4, 0.5) is 0 Å². The molecule has 2 N–H and O–H groups in total. The van der Waals surface area contributed by atoms with Crippen molar-refractivity contribution in [1.82, 2.24) is 25.1 Å². The lowest BCUT2D eigenvalue weighted by atomic mass is 10.2. The van der Waals surface area contributed by atoms with Gasteiger partial charge in [-0.1, -0.05) is 13.8 Å². The predicted octanol–water partition coefficient (Wildman–Crippen LogP) is 1.77. The first-order valence-corrected chi connectivity index (χ1v) is 7.70. The van der Waals surface area contributed by atoms with Crippen molar-refractivity contribution in [2.75, 3.05) is 0 Å². The third-order valence-corrected chi connectivity index (χ3v) is 4.11. The van der Waals surface area contributed by atoms with E-state index in [9.17, 15) is 4.79 Å². The third-order valence-electron chi connectivity index (χ3n) is 3.02. The maximum Gasteiger partial charge on any atom is 0.251 e. The first-order chi connectivity index (χ1) is 9.86. The van der Waals surface area contributed by atoms with Crippen molar-refractivity contribution >= 4 is 11.8 Å². The van der Waals surface area contributed by atoms with Crippen LogP contribution in [-0.4, -0.2) is 25.8 Å². The highest BCUT2D eigenvalue weighted by molar-refractivity contribution is 7.99. The standard InChI is InChI=1S/C14H21N5OS/c1-8(2)15-7-11-10(4)18-19(5)13(11)21-14-16-9(3)6-12(20)17-14/h6,8,15H,7H2,1-5H3,(H,16,17,20). The molecule has 0 aliphatic rings. The summed E-state index contributed by atoms with van der Waals surface area (Å²) in [5, 5.41) is 9.46. The number of hydrogen-bond acceptors (Lipinski definition) is 5. The number of rotatable bonds is 5. The summed E-state index contributed by atoms with van der Waals surface area (Å²) in [6, 6.07) is 1.89. The van der Waals surface area contributed by atoms with Crippen LogP contribution in [0.1, 0.15) is 30.8 Å². The molecule has 2 heterocycles. The van der Waals surface area contributed by atoms with Crippen molar-refractivity contribution in [2.24, 2.45) is 7.05 Å². The van der Waals surface area contributed by atoms with Gasteiger partial charge in [-0.25, -0.2) is 4.98 Å². The fourth-order valence-electron chi connectivity index (χ4n) is 2.01. The molecule has 0 aliphatic heterocycles. The summed E-state index contributed by atoms with van der Waals surface area (Å²) >= 11 is 1.44. The quantitative estimate of drug-likeness (QED) is 0.823. The summed E-state index contributed by atoms with van der Waals surface area (Å²) in [6.45, 7) is 8.77. The van der Waals surface area contributed by atoms with Gasteiger partial charge in [0.05, 0.1) is 5.69 Å². The molecule has 0 bridgehead atoms. The molecule has 0 fully saturated rings. The van der Waals surface area contributed by atoms with Crippen LogP contribution in [0.25, 0.3) is 0 Å². The normalized spacial score (nSPS) is 11.3. The second-order valence-electron chi connectivity index (χ2n) is 5.32. The fraction of sp³-hybridized carbons (Fsp3) is 0.500. The van der Waals surface area contributed by atoms with Crippen molar-refractivity contribution in [3.8, 4) is 0 Å². The first kappa shape index (κ1) is 15.8. The highest BCUT2D eigenvalue weighted by Gasteiger charge is 2.16. The van der Waals surface area contributed by atoms with Crippen LogP contribution in [0, 0.1) is 13.8 Å². The van der Waals surface area contributed by atoms with Crippen LogP contribution in [0.15, 0.2) is 21.0 Å². The third kappa shape index (κ3) is 3.95. The van der Waals surface area contributed by atoms with Gasteiger partial charge in [0.15, 0.2) is 5.16 Å². The lowest BCUT2D eigenvalue weighted by Gasteiger charge is -2.10. The molecule has 0 aliphatic carbocycles. The summed E-state index contributed by atoms with van der Waals surface area (Å²) in [4.78, 5) is 18.7. The number of nitrogens with zero attached hydrogens (tertiary/aromatic N) is 3. The maximum atomic E-state index is 11.5. The van der Waals surface area contributed by atoms with Crippen LogP contribution in [0.5, 0.6) is 0 Å². The molecule has 0 saturated carbocycles. The molecule has 0 unspecified atom stereocenters. The van der Waals surface area contributed by atoms with Gasteiger partial charge in [-0.2, -0.15) is 5.10 Å². The van der Waals surface area contributed by atoms with Gasteiger partial charge in [0, 0.05) is 37.0 Å². The lowest BCUT2D eigenvalue weighted by Crippen LogP contribution is -2.22. The monoisotopic (exact) mass is 307 g/mol. The molecular weight excluding hydrogens is 286 g/mol. The van der Waals surface area contributed by atoms with Crippen LogP contribution in [0.3, 0.4) is 0 Å². The molecule has 0 amide bonds. The van der Waals surface area contributed by atoms with Gasteiger partial charge in [0.25, 0.3) is 5.56 Å². The van der Waals surface area contributed by atoms with Gasteiger partial charge < -0.3 is 10.3 Å². The molecular formula is C14H21N5OS. The van der Waals surface area contributed by atoms with E-state index in [2.05, 4.69) is 34.2 Å². The summed E-state index contributed by atoms with van der Waals surface area (Å²) in [5.41, 5.74) is 2.70. The summed E-state index contributed by atoms with van der Waals surface area (Å²) in [7, 11) is 1.90. The minimum absolute atomic E-state index is 0.134. The average Bonchev–Trinajstić information content (AvgIpc) is 2.60. The number of aromatic amines is 1. The second kappa shape index (κ2) is 6.44. The molecule has 0 saturated heterocycles. The van der Waals surface area contributed by atoms with Crippen LogP contribution in [-0.2, 0) is 13.6 Å². The van der Waals surface area contributed by atoms with Crippen molar-refractivity contribution in [1.29, 1.82) is 0 Å². The topological polar surface area (TPSA) is 75.6 Å². The number of nitrogens with one attached hydrogen (secondary N) is 2. The van der Waals surface area contributed by atoms with Gasteiger partial charge in [0.2, 0.25) is 0 Å².